The molecule has 0 bridgehead atoms. The van der Waals surface area contributed by atoms with Gasteiger partial charge in [-0.2, -0.15) is 0 Å². The van der Waals surface area contributed by atoms with Crippen molar-refractivity contribution < 1.29 is 19.3 Å². The van der Waals surface area contributed by atoms with Crippen molar-refractivity contribution in [2.24, 2.45) is 0 Å². The molecule has 0 aromatic heterocycles. The number of hydrogen-bond acceptors (Lipinski definition) is 5. The number of rotatable bonds is 6. The van der Waals surface area contributed by atoms with Gasteiger partial charge in [-0.15, -0.1) is 11.8 Å². The number of thioether (sulfide) groups is 1. The Morgan fingerprint density at radius 3 is 2.41 bits per heavy atom. The predicted octanol–water partition coefficient (Wildman–Crippen LogP) is 5.15. The van der Waals surface area contributed by atoms with E-state index < -0.39 is 0 Å². The molecule has 1 aliphatic heterocycles. The van der Waals surface area contributed by atoms with Gasteiger partial charge in [-0.25, -0.2) is 0 Å². The number of methoxy groups -OCH3 is 1. The molecule has 5 heteroatoms. The van der Waals surface area contributed by atoms with Crippen LogP contribution in [-0.4, -0.2) is 19.0 Å². The maximum atomic E-state index is 10.6. The first-order chi connectivity index (χ1) is 13.2. The highest BCUT2D eigenvalue weighted by atomic mass is 32.2. The number of phenols is 1. The SMILES string of the molecule is COc1ccc(C(SCc2ccccc2)c2cc3c(cc2O)OCO3)cc1. The molecule has 0 amide bonds. The van der Waals surface area contributed by atoms with Gasteiger partial charge in [-0.05, 0) is 29.3 Å². The lowest BCUT2D eigenvalue weighted by atomic mass is 10.0. The van der Waals surface area contributed by atoms with Crippen molar-refractivity contribution >= 4 is 11.8 Å². The number of benzene rings is 3. The minimum Gasteiger partial charge on any atom is -0.507 e. The molecule has 4 rings (SSSR count). The molecule has 0 radical (unpaired) electrons. The van der Waals surface area contributed by atoms with Gasteiger partial charge in [0, 0.05) is 17.4 Å². The van der Waals surface area contributed by atoms with Crippen molar-refractivity contribution in [2.45, 2.75) is 11.0 Å². The van der Waals surface area contributed by atoms with Gasteiger partial charge in [0.15, 0.2) is 11.5 Å². The Balaban J connectivity index is 1.68. The second kappa shape index (κ2) is 7.84. The summed E-state index contributed by atoms with van der Waals surface area (Å²) in [6.07, 6.45) is 0. The highest BCUT2D eigenvalue weighted by Gasteiger charge is 2.24. The zero-order chi connectivity index (χ0) is 18.6. The molecule has 3 aromatic rings. The van der Waals surface area contributed by atoms with Crippen molar-refractivity contribution in [1.29, 1.82) is 0 Å². The van der Waals surface area contributed by atoms with Crippen LogP contribution in [0, 0.1) is 0 Å². The number of fused-ring (bicyclic) bond motifs is 1. The Kier molecular flexibility index (Phi) is 5.12. The Morgan fingerprint density at radius 2 is 1.70 bits per heavy atom. The minimum absolute atomic E-state index is 0.0504. The molecular formula is C22H20O4S. The third-order valence-electron chi connectivity index (χ3n) is 4.48. The monoisotopic (exact) mass is 380 g/mol. The molecule has 4 nitrogen and oxygen atoms in total. The summed E-state index contributed by atoms with van der Waals surface area (Å²) in [6.45, 7) is 0.183. The lowest BCUT2D eigenvalue weighted by Gasteiger charge is -2.20. The standard InChI is InChI=1S/C22H20O4S/c1-24-17-9-7-16(8-10-17)22(27-13-15-5-3-2-4-6-15)18-11-20-21(12-19(18)23)26-14-25-20/h2-12,22-23H,13-14H2,1H3. The van der Waals surface area contributed by atoms with Gasteiger partial charge in [0.2, 0.25) is 6.79 Å². The molecule has 3 aromatic carbocycles. The summed E-state index contributed by atoms with van der Waals surface area (Å²) < 4.78 is 16.2. The van der Waals surface area contributed by atoms with E-state index in [0.29, 0.717) is 11.5 Å². The number of phenolic OH excluding ortho intramolecular Hbond substituents is 1. The van der Waals surface area contributed by atoms with Gasteiger partial charge in [0.25, 0.3) is 0 Å². The highest BCUT2D eigenvalue weighted by Crippen LogP contribution is 2.46. The average molecular weight is 380 g/mol. The van der Waals surface area contributed by atoms with E-state index in [1.807, 2.05) is 48.5 Å². The summed E-state index contributed by atoms with van der Waals surface area (Å²) in [7, 11) is 1.65. The molecule has 1 unspecified atom stereocenters. The number of ether oxygens (including phenoxy) is 3. The van der Waals surface area contributed by atoms with E-state index in [2.05, 4.69) is 12.1 Å². The van der Waals surface area contributed by atoms with Crippen LogP contribution in [0.4, 0.5) is 0 Å². The van der Waals surface area contributed by atoms with E-state index in [-0.39, 0.29) is 17.8 Å². The van der Waals surface area contributed by atoms with E-state index in [4.69, 9.17) is 14.2 Å². The molecule has 0 saturated carbocycles. The fraction of sp³-hybridized carbons (Fsp3) is 0.182. The van der Waals surface area contributed by atoms with Crippen LogP contribution in [-0.2, 0) is 5.75 Å². The third-order valence-corrected chi connectivity index (χ3v) is 5.84. The lowest BCUT2D eigenvalue weighted by molar-refractivity contribution is 0.174. The first-order valence-corrected chi connectivity index (χ1v) is 9.71. The van der Waals surface area contributed by atoms with Crippen LogP contribution in [0.2, 0.25) is 0 Å². The van der Waals surface area contributed by atoms with Gasteiger partial charge >= 0.3 is 0 Å². The van der Waals surface area contributed by atoms with E-state index in [0.717, 1.165) is 22.6 Å². The van der Waals surface area contributed by atoms with Gasteiger partial charge in [-0.3, -0.25) is 0 Å². The van der Waals surface area contributed by atoms with Crippen molar-refractivity contribution in [3.05, 3.63) is 83.4 Å². The zero-order valence-electron chi connectivity index (χ0n) is 14.9. The predicted molar refractivity (Wildman–Crippen MR) is 107 cm³/mol. The van der Waals surface area contributed by atoms with Crippen LogP contribution in [0.1, 0.15) is 21.9 Å². The molecular weight excluding hydrogens is 360 g/mol. The Morgan fingerprint density at radius 1 is 1.00 bits per heavy atom. The van der Waals surface area contributed by atoms with Crippen molar-refractivity contribution in [3.63, 3.8) is 0 Å². The van der Waals surface area contributed by atoms with Crippen LogP contribution >= 0.6 is 11.8 Å². The third kappa shape index (κ3) is 3.83. The van der Waals surface area contributed by atoms with Crippen molar-refractivity contribution in [2.75, 3.05) is 13.9 Å². The summed E-state index contributed by atoms with van der Waals surface area (Å²) in [5, 5.41) is 10.6. The van der Waals surface area contributed by atoms with Crippen molar-refractivity contribution in [3.8, 4) is 23.0 Å². The maximum absolute atomic E-state index is 10.6. The summed E-state index contributed by atoms with van der Waals surface area (Å²) in [6, 6.07) is 21.8. The van der Waals surface area contributed by atoms with Crippen LogP contribution in [0.25, 0.3) is 0 Å². The molecule has 0 spiro atoms. The van der Waals surface area contributed by atoms with E-state index in [9.17, 15) is 5.11 Å². The van der Waals surface area contributed by atoms with Gasteiger partial charge in [0.05, 0.1) is 12.4 Å². The number of aromatic hydroxyl groups is 1. The van der Waals surface area contributed by atoms with Crippen LogP contribution < -0.4 is 14.2 Å². The zero-order valence-corrected chi connectivity index (χ0v) is 15.7. The van der Waals surface area contributed by atoms with E-state index in [1.165, 1.54) is 5.56 Å². The molecule has 1 heterocycles. The molecule has 1 N–H and O–H groups in total. The second-order valence-electron chi connectivity index (χ2n) is 6.21. The fourth-order valence-corrected chi connectivity index (χ4v) is 4.32. The average Bonchev–Trinajstić information content (AvgIpc) is 3.16. The highest BCUT2D eigenvalue weighted by molar-refractivity contribution is 7.98. The first-order valence-electron chi connectivity index (χ1n) is 8.66. The summed E-state index contributed by atoms with van der Waals surface area (Å²) in [4.78, 5) is 0. The van der Waals surface area contributed by atoms with Crippen LogP contribution in [0.5, 0.6) is 23.0 Å². The topological polar surface area (TPSA) is 47.9 Å². The van der Waals surface area contributed by atoms with Gasteiger partial charge in [0.1, 0.15) is 11.5 Å². The quantitative estimate of drug-likeness (QED) is 0.641. The maximum Gasteiger partial charge on any atom is 0.231 e. The van der Waals surface area contributed by atoms with E-state index >= 15 is 0 Å². The smallest absolute Gasteiger partial charge is 0.231 e. The molecule has 0 aliphatic carbocycles. The molecule has 27 heavy (non-hydrogen) atoms. The molecule has 1 atom stereocenters. The normalized spacial score (nSPS) is 13.4. The first kappa shape index (κ1) is 17.6. The van der Waals surface area contributed by atoms with Crippen molar-refractivity contribution in [1.82, 2.24) is 0 Å². The summed E-state index contributed by atoms with van der Waals surface area (Å²) >= 11 is 1.76. The van der Waals surface area contributed by atoms with Crippen LogP contribution in [0.3, 0.4) is 0 Å². The minimum atomic E-state index is -0.0504. The molecule has 138 valence electrons. The molecule has 0 fully saturated rings. The Bertz CT molecular complexity index is 910. The molecule has 0 saturated heterocycles. The largest absolute Gasteiger partial charge is 0.507 e. The molecule has 1 aliphatic rings. The summed E-state index contributed by atoms with van der Waals surface area (Å²) in [5.41, 5.74) is 3.14. The Labute approximate surface area is 162 Å². The number of hydrogen-bond donors (Lipinski definition) is 1. The van der Waals surface area contributed by atoms with Crippen LogP contribution in [0.15, 0.2) is 66.7 Å². The van der Waals surface area contributed by atoms with E-state index in [1.54, 1.807) is 24.9 Å². The lowest BCUT2D eigenvalue weighted by Crippen LogP contribution is -1.99. The fourth-order valence-electron chi connectivity index (χ4n) is 3.06. The summed E-state index contributed by atoms with van der Waals surface area (Å²) in [5.74, 6) is 3.09. The van der Waals surface area contributed by atoms with Gasteiger partial charge in [-0.1, -0.05) is 42.5 Å². The second-order valence-corrected chi connectivity index (χ2v) is 7.31. The Hall–Kier alpha value is -2.79. The van der Waals surface area contributed by atoms with Gasteiger partial charge < -0.3 is 19.3 Å².